The monoisotopic (exact) mass is 383 g/mol. The molecule has 0 aromatic heterocycles. The highest BCUT2D eigenvalue weighted by Gasteiger charge is 2.48. The average Bonchev–Trinajstić information content (AvgIpc) is 2.53. The molecule has 2 atom stereocenters. The molecule has 0 saturated carbocycles. The summed E-state index contributed by atoms with van der Waals surface area (Å²) in [5.74, 6) is -0.619. The number of likely N-dealkylation sites (tertiary alicyclic amines) is 1. The van der Waals surface area contributed by atoms with Crippen LogP contribution in [0.15, 0.2) is 24.3 Å². The first kappa shape index (κ1) is 19.3. The molecular weight excluding hydrogens is 367 g/mol. The minimum absolute atomic E-state index is 0.0630. The molecule has 1 fully saturated rings. The molecule has 0 bridgehead atoms. The minimum atomic E-state index is -5.83. The molecule has 1 amide bonds. The van der Waals surface area contributed by atoms with Crippen molar-refractivity contribution < 1.29 is 40.8 Å². The fourth-order valence-corrected chi connectivity index (χ4v) is 3.12. The largest absolute Gasteiger partial charge is 0.534 e. The minimum Gasteiger partial charge on any atom is -0.465 e. The zero-order valence-corrected chi connectivity index (χ0v) is 13.6. The van der Waals surface area contributed by atoms with Crippen LogP contribution in [0.4, 0.5) is 18.0 Å². The van der Waals surface area contributed by atoms with Gasteiger partial charge in [0.15, 0.2) is 0 Å². The Morgan fingerprint density at radius 1 is 1.32 bits per heavy atom. The topological polar surface area (TPSA) is 104 Å². The van der Waals surface area contributed by atoms with Crippen molar-refractivity contribution in [2.24, 2.45) is 0 Å². The molecule has 140 valence electrons. The Morgan fingerprint density at radius 2 is 2.00 bits per heavy atom. The number of rotatable bonds is 4. The van der Waals surface area contributed by atoms with Crippen molar-refractivity contribution in [1.82, 2.24) is 4.90 Å². The molecule has 0 aliphatic carbocycles. The lowest BCUT2D eigenvalue weighted by Gasteiger charge is -2.36. The standard InChI is InChI=1S/C14H16F3NO6S/c15-14(16,17)25(22,23)24-10-5-3-4-9(8-10)12(19)11-6-1-2-7-18(11)13(20)21/h3-5,8,11-12,19H,1-2,6-7H2,(H,20,21)/t11-,12?/m0/s1. The van der Waals surface area contributed by atoms with Gasteiger partial charge >= 0.3 is 21.7 Å². The van der Waals surface area contributed by atoms with Crippen LogP contribution >= 0.6 is 0 Å². The van der Waals surface area contributed by atoms with Crippen LogP contribution in [0.3, 0.4) is 0 Å². The SMILES string of the molecule is O=C(O)N1CCCC[C@H]1C(O)c1cccc(OS(=O)(=O)C(F)(F)F)c1. The van der Waals surface area contributed by atoms with E-state index in [1.54, 1.807) is 0 Å². The number of nitrogens with zero attached hydrogens (tertiary/aromatic N) is 1. The summed E-state index contributed by atoms with van der Waals surface area (Å²) < 4.78 is 63.2. The third-order valence-corrected chi connectivity index (χ3v) is 4.83. The van der Waals surface area contributed by atoms with Crippen molar-refractivity contribution in [2.45, 2.75) is 36.9 Å². The maximum Gasteiger partial charge on any atom is 0.534 e. The van der Waals surface area contributed by atoms with Crippen LogP contribution in [-0.4, -0.2) is 47.7 Å². The molecule has 2 N–H and O–H groups in total. The van der Waals surface area contributed by atoms with E-state index >= 15 is 0 Å². The summed E-state index contributed by atoms with van der Waals surface area (Å²) >= 11 is 0. The lowest BCUT2D eigenvalue weighted by atomic mass is 9.93. The van der Waals surface area contributed by atoms with Crippen molar-refractivity contribution in [3.63, 3.8) is 0 Å². The smallest absolute Gasteiger partial charge is 0.465 e. The van der Waals surface area contributed by atoms with E-state index in [9.17, 15) is 36.6 Å². The maximum absolute atomic E-state index is 12.4. The number of hydrogen-bond donors (Lipinski definition) is 2. The fourth-order valence-electron chi connectivity index (χ4n) is 2.67. The molecule has 1 heterocycles. The van der Waals surface area contributed by atoms with Gasteiger partial charge in [-0.25, -0.2) is 4.79 Å². The number of aliphatic hydroxyl groups excluding tert-OH is 1. The molecule has 0 spiro atoms. The Morgan fingerprint density at radius 3 is 2.60 bits per heavy atom. The van der Waals surface area contributed by atoms with Crippen LogP contribution in [-0.2, 0) is 10.1 Å². The predicted molar refractivity (Wildman–Crippen MR) is 79.4 cm³/mol. The van der Waals surface area contributed by atoms with E-state index in [-0.39, 0.29) is 12.1 Å². The van der Waals surface area contributed by atoms with Crippen molar-refractivity contribution >= 4 is 16.2 Å². The van der Waals surface area contributed by atoms with Crippen molar-refractivity contribution in [1.29, 1.82) is 0 Å². The first-order chi connectivity index (χ1) is 11.5. The number of aliphatic hydroxyl groups is 1. The van der Waals surface area contributed by atoms with Gasteiger partial charge in [0.25, 0.3) is 0 Å². The van der Waals surface area contributed by atoms with E-state index in [0.717, 1.165) is 17.0 Å². The normalized spacial score (nSPS) is 20.2. The first-order valence-corrected chi connectivity index (χ1v) is 8.72. The summed E-state index contributed by atoms with van der Waals surface area (Å²) in [6, 6.07) is 3.73. The summed E-state index contributed by atoms with van der Waals surface area (Å²) in [5.41, 5.74) is -5.52. The van der Waals surface area contributed by atoms with Gasteiger partial charge in [0.2, 0.25) is 0 Å². The third-order valence-electron chi connectivity index (χ3n) is 3.85. The van der Waals surface area contributed by atoms with Gasteiger partial charge in [0.1, 0.15) is 5.75 Å². The number of hydrogen-bond acceptors (Lipinski definition) is 5. The molecule has 1 aromatic rings. The number of halogens is 3. The predicted octanol–water partition coefficient (Wildman–Crippen LogP) is 2.48. The van der Waals surface area contributed by atoms with Gasteiger partial charge in [-0.1, -0.05) is 12.1 Å². The number of benzene rings is 1. The molecule has 1 aromatic carbocycles. The van der Waals surface area contributed by atoms with Gasteiger partial charge in [-0.2, -0.15) is 21.6 Å². The average molecular weight is 383 g/mol. The number of alkyl halides is 3. The van der Waals surface area contributed by atoms with E-state index in [4.69, 9.17) is 0 Å². The Labute approximate surface area is 141 Å². The van der Waals surface area contributed by atoms with Crippen LogP contribution in [0.2, 0.25) is 0 Å². The molecule has 7 nitrogen and oxygen atoms in total. The zero-order chi connectivity index (χ0) is 18.8. The molecule has 1 aliphatic heterocycles. The number of carboxylic acid groups (broad SMARTS) is 1. The van der Waals surface area contributed by atoms with Crippen molar-refractivity contribution in [3.8, 4) is 5.75 Å². The van der Waals surface area contributed by atoms with Gasteiger partial charge < -0.3 is 19.3 Å². The summed E-state index contributed by atoms with van der Waals surface area (Å²) in [5, 5.41) is 19.6. The van der Waals surface area contributed by atoms with E-state index < -0.39 is 39.6 Å². The highest BCUT2D eigenvalue weighted by molar-refractivity contribution is 7.88. The summed E-state index contributed by atoms with van der Waals surface area (Å²) in [7, 11) is -5.83. The molecule has 1 saturated heterocycles. The van der Waals surface area contributed by atoms with Gasteiger partial charge in [-0.05, 0) is 37.0 Å². The second-order valence-electron chi connectivity index (χ2n) is 5.54. The van der Waals surface area contributed by atoms with Gasteiger partial charge in [0, 0.05) is 6.54 Å². The molecule has 1 aliphatic rings. The Kier molecular flexibility index (Phi) is 5.47. The van der Waals surface area contributed by atoms with Crippen LogP contribution in [0.1, 0.15) is 30.9 Å². The molecule has 2 rings (SSSR count). The number of carbonyl (C=O) groups is 1. The van der Waals surface area contributed by atoms with Crippen LogP contribution in [0, 0.1) is 0 Å². The van der Waals surface area contributed by atoms with Crippen LogP contribution in [0.25, 0.3) is 0 Å². The molecule has 0 radical (unpaired) electrons. The zero-order valence-electron chi connectivity index (χ0n) is 12.8. The Balaban J connectivity index is 2.24. The van der Waals surface area contributed by atoms with E-state index in [1.807, 2.05) is 0 Å². The van der Waals surface area contributed by atoms with Gasteiger partial charge in [0.05, 0.1) is 12.1 Å². The summed E-state index contributed by atoms with van der Waals surface area (Å²) in [6.45, 7) is 0.232. The van der Waals surface area contributed by atoms with Gasteiger partial charge in [-0.3, -0.25) is 0 Å². The first-order valence-electron chi connectivity index (χ1n) is 7.31. The van der Waals surface area contributed by atoms with Crippen molar-refractivity contribution in [3.05, 3.63) is 29.8 Å². The van der Waals surface area contributed by atoms with E-state index in [2.05, 4.69) is 4.18 Å². The number of piperidine rings is 1. The maximum atomic E-state index is 12.4. The van der Waals surface area contributed by atoms with Crippen LogP contribution in [0.5, 0.6) is 5.75 Å². The van der Waals surface area contributed by atoms with E-state index in [0.29, 0.717) is 19.3 Å². The summed E-state index contributed by atoms with van der Waals surface area (Å²) in [6.07, 6.45) is -0.837. The van der Waals surface area contributed by atoms with Crippen molar-refractivity contribution in [2.75, 3.05) is 6.54 Å². The lowest BCUT2D eigenvalue weighted by molar-refractivity contribution is -0.0500. The summed E-state index contributed by atoms with van der Waals surface area (Å²) in [4.78, 5) is 12.3. The molecule has 11 heteroatoms. The van der Waals surface area contributed by atoms with E-state index in [1.165, 1.54) is 12.1 Å². The highest BCUT2D eigenvalue weighted by Crippen LogP contribution is 2.32. The molecule has 25 heavy (non-hydrogen) atoms. The second kappa shape index (κ2) is 7.08. The Bertz CT molecular complexity index is 736. The number of amides is 1. The highest BCUT2D eigenvalue weighted by atomic mass is 32.2. The molecule has 1 unspecified atom stereocenters. The third kappa shape index (κ3) is 4.34. The fraction of sp³-hybridized carbons (Fsp3) is 0.500. The second-order valence-corrected chi connectivity index (χ2v) is 7.08. The quantitative estimate of drug-likeness (QED) is 0.612. The Hall–Kier alpha value is -2.01. The van der Waals surface area contributed by atoms with Gasteiger partial charge in [-0.15, -0.1) is 0 Å². The molecular formula is C14H16F3NO6S. The van der Waals surface area contributed by atoms with Crippen LogP contribution < -0.4 is 4.18 Å². The lowest BCUT2D eigenvalue weighted by Crippen LogP contribution is -2.46.